The largest absolute Gasteiger partial charge is 0.351 e. The Kier molecular flexibility index (Phi) is 6.17. The molecule has 0 spiro atoms. The van der Waals surface area contributed by atoms with Crippen molar-refractivity contribution in [1.29, 1.82) is 0 Å². The predicted octanol–water partition coefficient (Wildman–Crippen LogP) is 5.05. The first-order chi connectivity index (χ1) is 12.7. The summed E-state index contributed by atoms with van der Waals surface area (Å²) in [5.74, 6) is -0.484. The summed E-state index contributed by atoms with van der Waals surface area (Å²) in [4.78, 5) is 13.7. The first kappa shape index (κ1) is 18.3. The molecule has 4 nitrogen and oxygen atoms in total. The molecular weight excluding hydrogens is 349 g/mol. The molecule has 2 aromatic heterocycles. The minimum atomic E-state index is -0.318. The van der Waals surface area contributed by atoms with E-state index in [1.807, 2.05) is 17.5 Å². The maximum Gasteiger partial charge on any atom is 0.270 e. The minimum Gasteiger partial charge on any atom is -0.351 e. The van der Waals surface area contributed by atoms with Gasteiger partial charge < -0.3 is 5.32 Å². The second kappa shape index (κ2) is 8.76. The molecule has 3 rings (SSSR count). The number of amides is 1. The van der Waals surface area contributed by atoms with E-state index in [1.165, 1.54) is 18.6 Å². The van der Waals surface area contributed by atoms with E-state index >= 15 is 0 Å². The number of benzene rings is 1. The van der Waals surface area contributed by atoms with Crippen molar-refractivity contribution in [3.63, 3.8) is 0 Å². The number of thiophene rings is 1. The van der Waals surface area contributed by atoms with Crippen LogP contribution in [0, 0.1) is 5.82 Å². The van der Waals surface area contributed by atoms with Crippen molar-refractivity contribution in [2.24, 2.45) is 0 Å². The summed E-state index contributed by atoms with van der Waals surface area (Å²) in [6, 6.07) is 11.7. The van der Waals surface area contributed by atoms with Crippen LogP contribution in [-0.4, -0.2) is 22.2 Å². The zero-order valence-electron chi connectivity index (χ0n) is 14.7. The lowest BCUT2D eigenvalue weighted by Gasteiger charge is -2.08. The molecule has 1 N–H and O–H groups in total. The number of nitrogens with zero attached hydrogens (tertiary/aromatic N) is 2. The highest BCUT2D eigenvalue weighted by Gasteiger charge is 2.17. The van der Waals surface area contributed by atoms with Gasteiger partial charge in [0, 0.05) is 6.54 Å². The zero-order valence-corrected chi connectivity index (χ0v) is 15.6. The number of rotatable bonds is 8. The Morgan fingerprint density at radius 2 is 2.00 bits per heavy atom. The SMILES string of the molecule is CCCCCCNC(=O)c1cc(-c2cccs2)nn1-c1ccc(F)cc1. The van der Waals surface area contributed by atoms with Crippen LogP contribution >= 0.6 is 11.3 Å². The van der Waals surface area contributed by atoms with Crippen LogP contribution in [0.3, 0.4) is 0 Å². The lowest BCUT2D eigenvalue weighted by molar-refractivity contribution is 0.0945. The number of halogens is 1. The van der Waals surface area contributed by atoms with Crippen LogP contribution in [0.4, 0.5) is 4.39 Å². The van der Waals surface area contributed by atoms with Gasteiger partial charge in [0.05, 0.1) is 10.6 Å². The third-order valence-corrected chi connectivity index (χ3v) is 5.00. The number of carbonyl (C=O) groups excluding carboxylic acids is 1. The maximum absolute atomic E-state index is 13.3. The zero-order chi connectivity index (χ0) is 18.4. The molecule has 0 aliphatic heterocycles. The Morgan fingerprint density at radius 3 is 2.69 bits per heavy atom. The number of carbonyl (C=O) groups is 1. The molecule has 0 radical (unpaired) electrons. The second-order valence-electron chi connectivity index (χ2n) is 6.10. The van der Waals surface area contributed by atoms with Gasteiger partial charge in [-0.2, -0.15) is 5.10 Å². The number of aromatic nitrogens is 2. The monoisotopic (exact) mass is 371 g/mol. The predicted molar refractivity (Wildman–Crippen MR) is 103 cm³/mol. The Bertz CT molecular complexity index is 841. The molecule has 0 fully saturated rings. The normalized spacial score (nSPS) is 10.8. The van der Waals surface area contributed by atoms with Crippen molar-refractivity contribution in [3.05, 3.63) is 59.4 Å². The lowest BCUT2D eigenvalue weighted by atomic mass is 10.2. The van der Waals surface area contributed by atoms with E-state index in [-0.39, 0.29) is 11.7 Å². The van der Waals surface area contributed by atoms with Crippen LogP contribution in [0.5, 0.6) is 0 Å². The third kappa shape index (κ3) is 4.38. The average molecular weight is 371 g/mol. The summed E-state index contributed by atoms with van der Waals surface area (Å²) in [5, 5.41) is 9.51. The van der Waals surface area contributed by atoms with E-state index < -0.39 is 0 Å². The van der Waals surface area contributed by atoms with E-state index in [9.17, 15) is 9.18 Å². The second-order valence-corrected chi connectivity index (χ2v) is 7.04. The minimum absolute atomic E-state index is 0.166. The fourth-order valence-electron chi connectivity index (χ4n) is 2.71. The Balaban J connectivity index is 1.84. The van der Waals surface area contributed by atoms with Gasteiger partial charge in [0.2, 0.25) is 0 Å². The molecule has 136 valence electrons. The van der Waals surface area contributed by atoms with Crippen molar-refractivity contribution in [2.75, 3.05) is 6.54 Å². The number of nitrogens with one attached hydrogen (secondary N) is 1. The molecule has 0 bridgehead atoms. The van der Waals surface area contributed by atoms with Gasteiger partial charge in [-0.25, -0.2) is 9.07 Å². The maximum atomic E-state index is 13.3. The molecule has 2 heterocycles. The van der Waals surface area contributed by atoms with E-state index in [0.717, 1.165) is 29.8 Å². The summed E-state index contributed by atoms with van der Waals surface area (Å²) in [5.41, 5.74) is 1.85. The highest BCUT2D eigenvalue weighted by Crippen LogP contribution is 2.26. The molecule has 0 unspecified atom stereocenters. The van der Waals surface area contributed by atoms with E-state index in [0.29, 0.717) is 17.9 Å². The average Bonchev–Trinajstić information content (AvgIpc) is 3.31. The highest BCUT2D eigenvalue weighted by atomic mass is 32.1. The fraction of sp³-hybridized carbons (Fsp3) is 0.300. The van der Waals surface area contributed by atoms with Crippen LogP contribution in [0.25, 0.3) is 16.3 Å². The van der Waals surface area contributed by atoms with Gasteiger partial charge in [-0.1, -0.05) is 32.3 Å². The molecular formula is C20H22FN3OS. The van der Waals surface area contributed by atoms with Crippen LogP contribution in [0.1, 0.15) is 43.1 Å². The molecule has 6 heteroatoms. The third-order valence-electron chi connectivity index (χ3n) is 4.10. The molecule has 1 amide bonds. The first-order valence-corrected chi connectivity index (χ1v) is 9.75. The van der Waals surface area contributed by atoms with Gasteiger partial charge in [-0.05, 0) is 48.2 Å². The number of hydrogen-bond acceptors (Lipinski definition) is 3. The van der Waals surface area contributed by atoms with Gasteiger partial charge in [-0.15, -0.1) is 11.3 Å². The highest BCUT2D eigenvalue weighted by molar-refractivity contribution is 7.13. The summed E-state index contributed by atoms with van der Waals surface area (Å²) < 4.78 is 14.8. The van der Waals surface area contributed by atoms with Crippen molar-refractivity contribution in [2.45, 2.75) is 32.6 Å². The molecule has 0 aliphatic rings. The smallest absolute Gasteiger partial charge is 0.270 e. The molecule has 26 heavy (non-hydrogen) atoms. The first-order valence-electron chi connectivity index (χ1n) is 8.87. The quantitative estimate of drug-likeness (QED) is 0.563. The number of unbranched alkanes of at least 4 members (excludes halogenated alkanes) is 3. The van der Waals surface area contributed by atoms with Gasteiger partial charge in [0.1, 0.15) is 17.2 Å². The van der Waals surface area contributed by atoms with Crippen molar-refractivity contribution < 1.29 is 9.18 Å². The Hall–Kier alpha value is -2.47. The summed E-state index contributed by atoms with van der Waals surface area (Å²) in [6.07, 6.45) is 4.40. The van der Waals surface area contributed by atoms with Crippen LogP contribution < -0.4 is 5.32 Å². The molecule has 3 aromatic rings. The van der Waals surface area contributed by atoms with E-state index in [2.05, 4.69) is 17.3 Å². The van der Waals surface area contributed by atoms with Gasteiger partial charge in [0.25, 0.3) is 5.91 Å². The van der Waals surface area contributed by atoms with Gasteiger partial charge in [0.15, 0.2) is 0 Å². The molecule has 1 aromatic carbocycles. The topological polar surface area (TPSA) is 46.9 Å². The standard InChI is InChI=1S/C20H22FN3OS/c1-2-3-4-5-12-22-20(25)18-14-17(19-7-6-13-26-19)23-24(18)16-10-8-15(21)9-11-16/h6-11,13-14H,2-5,12H2,1H3,(H,22,25). The molecule has 0 atom stereocenters. The van der Waals surface area contributed by atoms with Gasteiger partial charge >= 0.3 is 0 Å². The van der Waals surface area contributed by atoms with E-state index in [1.54, 1.807) is 34.2 Å². The van der Waals surface area contributed by atoms with Crippen molar-refractivity contribution in [3.8, 4) is 16.3 Å². The lowest BCUT2D eigenvalue weighted by Crippen LogP contribution is -2.26. The van der Waals surface area contributed by atoms with Crippen molar-refractivity contribution >= 4 is 17.2 Å². The van der Waals surface area contributed by atoms with Gasteiger partial charge in [-0.3, -0.25) is 4.79 Å². The summed E-state index contributed by atoms with van der Waals surface area (Å²) in [6.45, 7) is 2.80. The van der Waals surface area contributed by atoms with E-state index in [4.69, 9.17) is 0 Å². The number of hydrogen-bond donors (Lipinski definition) is 1. The Labute approximate surface area is 156 Å². The van der Waals surface area contributed by atoms with Crippen molar-refractivity contribution in [1.82, 2.24) is 15.1 Å². The van der Waals surface area contributed by atoms with Crippen LogP contribution in [-0.2, 0) is 0 Å². The molecule has 0 saturated heterocycles. The summed E-state index contributed by atoms with van der Waals surface area (Å²) in [7, 11) is 0. The Morgan fingerprint density at radius 1 is 1.19 bits per heavy atom. The molecule has 0 aliphatic carbocycles. The fourth-order valence-corrected chi connectivity index (χ4v) is 3.39. The summed E-state index contributed by atoms with van der Waals surface area (Å²) >= 11 is 1.57. The van der Waals surface area contributed by atoms with Crippen LogP contribution in [0.15, 0.2) is 47.8 Å². The van der Waals surface area contributed by atoms with Crippen LogP contribution in [0.2, 0.25) is 0 Å². The molecule has 0 saturated carbocycles.